The minimum Gasteiger partial charge on any atom is -0.508 e. The van der Waals surface area contributed by atoms with E-state index in [0.717, 1.165) is 30.7 Å². The number of carbonyl (C=O) groups excluding carboxylic acids is 2. The van der Waals surface area contributed by atoms with E-state index >= 15 is 0 Å². The van der Waals surface area contributed by atoms with Crippen LogP contribution in [0.4, 0.5) is 13.6 Å². The number of piperidine rings is 1. The highest BCUT2D eigenvalue weighted by molar-refractivity contribution is 5.96. The van der Waals surface area contributed by atoms with Gasteiger partial charge in [0.25, 0.3) is 5.91 Å². The predicted octanol–water partition coefficient (Wildman–Crippen LogP) is 4.49. The number of hydrogen-bond donors (Lipinski definition) is 3. The van der Waals surface area contributed by atoms with Gasteiger partial charge < -0.3 is 25.4 Å². The van der Waals surface area contributed by atoms with Gasteiger partial charge in [-0.15, -0.1) is 0 Å². The summed E-state index contributed by atoms with van der Waals surface area (Å²) in [5.74, 6) is -1.34. The summed E-state index contributed by atoms with van der Waals surface area (Å²) in [6.07, 6.45) is 3.75. The van der Waals surface area contributed by atoms with Crippen LogP contribution in [0.5, 0.6) is 17.4 Å². The number of hydrogen-bond acceptors (Lipinski definition) is 5. The Morgan fingerprint density at radius 3 is 2.46 bits per heavy atom. The molecule has 3 atom stereocenters. The molecule has 1 aromatic heterocycles. The van der Waals surface area contributed by atoms with Crippen LogP contribution in [0.15, 0.2) is 60.8 Å². The molecular weight excluding hydrogens is 482 g/mol. The van der Waals surface area contributed by atoms with Crippen LogP contribution in [0.3, 0.4) is 0 Å². The van der Waals surface area contributed by atoms with Gasteiger partial charge in [0.1, 0.15) is 28.7 Å². The van der Waals surface area contributed by atoms with Gasteiger partial charge >= 0.3 is 6.03 Å². The van der Waals surface area contributed by atoms with Crippen LogP contribution in [-0.2, 0) is 6.54 Å². The van der Waals surface area contributed by atoms with Crippen molar-refractivity contribution in [1.29, 1.82) is 0 Å². The molecular formula is C27H26F2N4O4. The molecule has 3 amide bonds. The van der Waals surface area contributed by atoms with E-state index in [9.17, 15) is 23.5 Å². The Morgan fingerprint density at radius 1 is 1.03 bits per heavy atom. The zero-order chi connectivity index (χ0) is 25.9. The van der Waals surface area contributed by atoms with Crippen LogP contribution in [0.1, 0.15) is 41.6 Å². The predicted molar refractivity (Wildman–Crippen MR) is 130 cm³/mol. The number of rotatable bonds is 6. The zero-order valence-corrected chi connectivity index (χ0v) is 19.9. The second kappa shape index (κ2) is 10.4. The molecule has 192 valence electrons. The molecule has 0 spiro atoms. The number of fused-ring (bicyclic) bond motifs is 2. The summed E-state index contributed by atoms with van der Waals surface area (Å²) in [6.45, 7) is 0.298. The molecule has 8 nitrogen and oxygen atoms in total. The van der Waals surface area contributed by atoms with E-state index in [0.29, 0.717) is 19.4 Å². The third-order valence-electron chi connectivity index (χ3n) is 6.75. The zero-order valence-electron chi connectivity index (χ0n) is 19.9. The number of nitrogens with one attached hydrogen (secondary N) is 2. The lowest BCUT2D eigenvalue weighted by Crippen LogP contribution is -2.54. The fourth-order valence-corrected chi connectivity index (χ4v) is 5.11. The van der Waals surface area contributed by atoms with E-state index < -0.39 is 17.5 Å². The molecule has 2 aromatic carbocycles. The fourth-order valence-electron chi connectivity index (χ4n) is 5.11. The summed E-state index contributed by atoms with van der Waals surface area (Å²) in [4.78, 5) is 31.8. The lowest BCUT2D eigenvalue weighted by Gasteiger charge is -2.39. The molecule has 2 aliphatic heterocycles. The lowest BCUT2D eigenvalue weighted by atomic mass is 9.97. The molecule has 0 saturated carbocycles. The van der Waals surface area contributed by atoms with Crippen LogP contribution in [0.2, 0.25) is 0 Å². The third kappa shape index (κ3) is 5.63. The Morgan fingerprint density at radius 2 is 1.76 bits per heavy atom. The number of pyridine rings is 1. The highest BCUT2D eigenvalue weighted by Gasteiger charge is 2.43. The van der Waals surface area contributed by atoms with Crippen LogP contribution < -0.4 is 15.4 Å². The van der Waals surface area contributed by atoms with Gasteiger partial charge in [0.05, 0.1) is 6.20 Å². The van der Waals surface area contributed by atoms with Crippen LogP contribution in [0, 0.1) is 11.6 Å². The lowest BCUT2D eigenvalue weighted by molar-refractivity contribution is 0.0881. The molecule has 10 heteroatoms. The van der Waals surface area contributed by atoms with Crippen LogP contribution >= 0.6 is 0 Å². The van der Waals surface area contributed by atoms with Crippen molar-refractivity contribution in [3.63, 3.8) is 0 Å². The molecule has 3 aromatic rings. The molecule has 0 aliphatic carbocycles. The Hall–Kier alpha value is -4.21. The van der Waals surface area contributed by atoms with E-state index in [1.807, 2.05) is 11.0 Å². The van der Waals surface area contributed by atoms with E-state index in [1.54, 1.807) is 18.2 Å². The summed E-state index contributed by atoms with van der Waals surface area (Å²) < 4.78 is 32.8. The summed E-state index contributed by atoms with van der Waals surface area (Å²) in [5, 5.41) is 15.5. The molecule has 3 N–H and O–H groups in total. The normalized spacial score (nSPS) is 20.4. The second-order valence-electron chi connectivity index (χ2n) is 9.32. The second-order valence-corrected chi connectivity index (χ2v) is 9.32. The Balaban J connectivity index is 1.22. The third-order valence-corrected chi connectivity index (χ3v) is 6.75. The molecule has 2 saturated heterocycles. The Kier molecular flexibility index (Phi) is 6.89. The maximum Gasteiger partial charge on any atom is 0.318 e. The first-order chi connectivity index (χ1) is 17.9. The molecule has 0 radical (unpaired) electrons. The SMILES string of the molecule is O=C(NC1C[C@H]2CC[C@@H](C1)N2C(=O)NCc1cccc(O)c1)c1cc(F)cnc1Oc1ccc(F)cc1. The quantitative estimate of drug-likeness (QED) is 0.455. The average Bonchev–Trinajstić information content (AvgIpc) is 3.15. The monoisotopic (exact) mass is 508 g/mol. The Bertz CT molecular complexity index is 1290. The maximum atomic E-state index is 14.0. The van der Waals surface area contributed by atoms with Gasteiger partial charge in [-0.2, -0.15) is 0 Å². The largest absolute Gasteiger partial charge is 0.508 e. The van der Waals surface area contributed by atoms with Gasteiger partial charge in [-0.05, 0) is 73.7 Å². The number of benzene rings is 2. The highest BCUT2D eigenvalue weighted by Crippen LogP contribution is 2.36. The summed E-state index contributed by atoms with van der Waals surface area (Å²) in [7, 11) is 0. The molecule has 3 heterocycles. The van der Waals surface area contributed by atoms with Crippen molar-refractivity contribution in [2.45, 2.75) is 50.4 Å². The van der Waals surface area contributed by atoms with E-state index in [1.165, 1.54) is 24.3 Å². The smallest absolute Gasteiger partial charge is 0.318 e. The molecule has 37 heavy (non-hydrogen) atoms. The average molecular weight is 509 g/mol. The molecule has 2 bridgehead atoms. The number of nitrogens with zero attached hydrogens (tertiary/aromatic N) is 2. The van der Waals surface area contributed by atoms with Gasteiger partial charge in [0.15, 0.2) is 0 Å². The van der Waals surface area contributed by atoms with E-state index in [-0.39, 0.29) is 47.1 Å². The van der Waals surface area contributed by atoms with Crippen molar-refractivity contribution >= 4 is 11.9 Å². The molecule has 1 unspecified atom stereocenters. The number of urea groups is 1. The number of halogens is 2. The molecule has 5 rings (SSSR count). The number of aromatic hydroxyl groups is 1. The first-order valence-corrected chi connectivity index (χ1v) is 12.1. The van der Waals surface area contributed by atoms with Crippen LogP contribution in [-0.4, -0.2) is 45.1 Å². The van der Waals surface area contributed by atoms with Gasteiger partial charge in [0.2, 0.25) is 5.88 Å². The minimum absolute atomic E-state index is 0.0335. The Labute approximate surface area is 212 Å². The summed E-state index contributed by atoms with van der Waals surface area (Å²) in [6, 6.07) is 12.5. The number of phenolic OH excluding ortho intramolecular Hbond substituents is 1. The number of carbonyl (C=O) groups is 2. The van der Waals surface area contributed by atoms with Crippen molar-refractivity contribution in [2.24, 2.45) is 0 Å². The van der Waals surface area contributed by atoms with Gasteiger partial charge in [-0.3, -0.25) is 4.79 Å². The van der Waals surface area contributed by atoms with Crippen molar-refractivity contribution in [3.8, 4) is 17.4 Å². The van der Waals surface area contributed by atoms with Gasteiger partial charge in [0, 0.05) is 24.7 Å². The number of ether oxygens (including phenoxy) is 1. The van der Waals surface area contributed by atoms with Crippen molar-refractivity contribution in [1.82, 2.24) is 20.5 Å². The van der Waals surface area contributed by atoms with E-state index in [4.69, 9.17) is 4.74 Å². The number of phenols is 1. The number of amides is 3. The first-order valence-electron chi connectivity index (χ1n) is 12.1. The van der Waals surface area contributed by atoms with Gasteiger partial charge in [-0.25, -0.2) is 18.6 Å². The molecule has 2 fully saturated rings. The number of aromatic nitrogens is 1. The standard InChI is InChI=1S/C27H26F2N4O4/c28-17-4-8-23(9-5-17)37-26-24(11-18(29)15-30-26)25(35)32-19-12-20-6-7-21(13-19)33(20)27(36)31-14-16-2-1-3-22(34)10-16/h1-5,8-11,15,19-21,34H,6-7,12-14H2,(H,31,36)(H,32,35)/t19?,20-,21+. The van der Waals surface area contributed by atoms with Crippen LogP contribution in [0.25, 0.3) is 0 Å². The highest BCUT2D eigenvalue weighted by atomic mass is 19.1. The molecule has 2 aliphatic rings. The van der Waals surface area contributed by atoms with E-state index in [2.05, 4.69) is 15.6 Å². The first kappa shape index (κ1) is 24.5. The topological polar surface area (TPSA) is 104 Å². The summed E-state index contributed by atoms with van der Waals surface area (Å²) in [5.41, 5.74) is 0.730. The van der Waals surface area contributed by atoms with Gasteiger partial charge in [-0.1, -0.05) is 12.1 Å². The van der Waals surface area contributed by atoms with Crippen molar-refractivity contribution in [3.05, 3.63) is 83.6 Å². The van der Waals surface area contributed by atoms with Crippen molar-refractivity contribution < 1.29 is 28.2 Å². The fraction of sp³-hybridized carbons (Fsp3) is 0.296. The summed E-state index contributed by atoms with van der Waals surface area (Å²) >= 11 is 0. The minimum atomic E-state index is -0.685. The maximum absolute atomic E-state index is 14.0. The van der Waals surface area contributed by atoms with Crippen molar-refractivity contribution in [2.75, 3.05) is 0 Å².